The standard InChI is InChI=1S/C63H39N5S/c1-4-12-40(13-5-1)41-20-26-47(27-21-41)62-66-61(46-16-8-3-9-17-46)67-63(68-62)48-28-22-42(23-29-48)50-36-51(49-32-35-58-54(39-49)53-18-10-11-19-57(53)69-58)38-52(37-50)56-34-31-45-25-24-44-30-33-55(43-14-6-2-7-15-43)64-59(44)60(45)65-56/h1-39H. The Morgan fingerprint density at radius 3 is 1.22 bits per heavy atom. The Hall–Kier alpha value is -8.97. The summed E-state index contributed by atoms with van der Waals surface area (Å²) in [5.41, 5.74) is 15.1. The van der Waals surface area contributed by atoms with E-state index in [2.05, 4.69) is 194 Å². The molecule has 6 heteroatoms. The number of pyridine rings is 2. The second kappa shape index (κ2) is 17.0. The number of hydrogen-bond donors (Lipinski definition) is 0. The molecule has 0 fully saturated rings. The van der Waals surface area contributed by atoms with E-state index in [-0.39, 0.29) is 0 Å². The molecule has 13 aromatic rings. The molecular weight excluding hydrogens is 859 g/mol. The van der Waals surface area contributed by atoms with Gasteiger partial charge in [-0.2, -0.15) is 0 Å². The van der Waals surface area contributed by atoms with Crippen molar-refractivity contribution in [3.05, 3.63) is 237 Å². The molecule has 9 aromatic carbocycles. The highest BCUT2D eigenvalue weighted by molar-refractivity contribution is 7.25. The first kappa shape index (κ1) is 40.3. The van der Waals surface area contributed by atoms with Crippen molar-refractivity contribution in [2.45, 2.75) is 0 Å². The highest BCUT2D eigenvalue weighted by Gasteiger charge is 2.16. The first-order chi connectivity index (χ1) is 34.1. The van der Waals surface area contributed by atoms with Crippen molar-refractivity contribution in [3.8, 4) is 90.1 Å². The van der Waals surface area contributed by atoms with E-state index in [1.807, 2.05) is 53.8 Å². The minimum Gasteiger partial charge on any atom is -0.245 e. The summed E-state index contributed by atoms with van der Waals surface area (Å²) in [5, 5.41) is 4.64. The van der Waals surface area contributed by atoms with Crippen LogP contribution in [0.15, 0.2) is 237 Å². The van der Waals surface area contributed by atoms with E-state index in [1.54, 1.807) is 0 Å². The van der Waals surface area contributed by atoms with Crippen molar-refractivity contribution in [2.24, 2.45) is 0 Å². The van der Waals surface area contributed by atoms with Crippen molar-refractivity contribution in [1.82, 2.24) is 24.9 Å². The fraction of sp³-hybridized carbons (Fsp3) is 0. The van der Waals surface area contributed by atoms with Gasteiger partial charge >= 0.3 is 0 Å². The van der Waals surface area contributed by atoms with Crippen LogP contribution in [-0.4, -0.2) is 24.9 Å². The molecule has 5 nitrogen and oxygen atoms in total. The maximum absolute atomic E-state index is 5.42. The predicted octanol–water partition coefficient (Wildman–Crippen LogP) is 16.7. The predicted molar refractivity (Wildman–Crippen MR) is 287 cm³/mol. The lowest BCUT2D eigenvalue weighted by Crippen LogP contribution is -2.00. The van der Waals surface area contributed by atoms with Crippen molar-refractivity contribution in [3.63, 3.8) is 0 Å². The Balaban J connectivity index is 0.927. The minimum atomic E-state index is 0.611. The van der Waals surface area contributed by atoms with Gasteiger partial charge in [-0.1, -0.05) is 188 Å². The van der Waals surface area contributed by atoms with Gasteiger partial charge in [0.1, 0.15) is 0 Å². The number of rotatable bonds is 8. The van der Waals surface area contributed by atoms with Gasteiger partial charge in [0.15, 0.2) is 17.5 Å². The molecule has 13 rings (SSSR count). The van der Waals surface area contributed by atoms with Gasteiger partial charge < -0.3 is 0 Å². The lowest BCUT2D eigenvalue weighted by molar-refractivity contribution is 1.07. The Labute approximate surface area is 402 Å². The topological polar surface area (TPSA) is 64.5 Å². The Morgan fingerprint density at radius 1 is 0.232 bits per heavy atom. The van der Waals surface area contributed by atoms with Crippen LogP contribution in [-0.2, 0) is 0 Å². The lowest BCUT2D eigenvalue weighted by Gasteiger charge is -2.13. The molecule has 0 N–H and O–H groups in total. The molecule has 0 aliphatic heterocycles. The van der Waals surface area contributed by atoms with E-state index in [9.17, 15) is 0 Å². The van der Waals surface area contributed by atoms with Crippen LogP contribution < -0.4 is 0 Å². The zero-order chi connectivity index (χ0) is 45.7. The van der Waals surface area contributed by atoms with Crippen molar-refractivity contribution in [1.29, 1.82) is 0 Å². The number of hydrogen-bond acceptors (Lipinski definition) is 6. The molecule has 0 aliphatic rings. The molecule has 0 aliphatic carbocycles. The molecule has 4 aromatic heterocycles. The molecule has 0 saturated heterocycles. The van der Waals surface area contributed by atoms with Crippen molar-refractivity contribution in [2.75, 3.05) is 0 Å². The third kappa shape index (κ3) is 7.69. The largest absolute Gasteiger partial charge is 0.245 e. The molecule has 0 radical (unpaired) electrons. The average molecular weight is 898 g/mol. The van der Waals surface area contributed by atoms with Gasteiger partial charge in [0.2, 0.25) is 0 Å². The highest BCUT2D eigenvalue weighted by Crippen LogP contribution is 2.40. The molecular formula is C63H39N5S. The van der Waals surface area contributed by atoms with Crippen molar-refractivity contribution < 1.29 is 0 Å². The number of fused-ring (bicyclic) bond motifs is 6. The zero-order valence-corrected chi connectivity index (χ0v) is 38.0. The number of thiophene rings is 1. The first-order valence-corrected chi connectivity index (χ1v) is 23.9. The smallest absolute Gasteiger partial charge is 0.164 e. The summed E-state index contributed by atoms with van der Waals surface area (Å²) in [6.07, 6.45) is 0. The van der Waals surface area contributed by atoms with Crippen LogP contribution in [0.5, 0.6) is 0 Å². The molecule has 4 heterocycles. The SMILES string of the molecule is c1ccc(-c2ccc(-c3nc(-c4ccccc4)nc(-c4ccc(-c5cc(-c6ccc7sc8ccccc8c7c6)cc(-c6ccc7ccc8ccc(-c9ccccc9)nc8c7n6)c5)cc4)n3)cc2)cc1. The van der Waals surface area contributed by atoms with Gasteiger partial charge in [-0.05, 0) is 81.9 Å². The van der Waals surface area contributed by atoms with Crippen LogP contribution in [0.1, 0.15) is 0 Å². The van der Waals surface area contributed by atoms with Gasteiger partial charge in [-0.15, -0.1) is 11.3 Å². The number of aromatic nitrogens is 5. The van der Waals surface area contributed by atoms with E-state index in [0.717, 1.165) is 94.4 Å². The third-order valence-corrected chi connectivity index (χ3v) is 14.1. The van der Waals surface area contributed by atoms with E-state index in [1.165, 1.54) is 20.2 Å². The summed E-state index contributed by atoms with van der Waals surface area (Å²) < 4.78 is 2.57. The van der Waals surface area contributed by atoms with Crippen LogP contribution >= 0.6 is 11.3 Å². The summed E-state index contributed by atoms with van der Waals surface area (Å²) >= 11 is 1.84. The van der Waals surface area contributed by atoms with Gasteiger partial charge in [-0.25, -0.2) is 24.9 Å². The van der Waals surface area contributed by atoms with Crippen LogP contribution in [0, 0.1) is 0 Å². The molecule has 0 bridgehead atoms. The first-order valence-electron chi connectivity index (χ1n) is 23.0. The highest BCUT2D eigenvalue weighted by atomic mass is 32.1. The van der Waals surface area contributed by atoms with Crippen LogP contribution in [0.4, 0.5) is 0 Å². The van der Waals surface area contributed by atoms with Gasteiger partial charge in [0.05, 0.1) is 22.4 Å². The van der Waals surface area contributed by atoms with Gasteiger partial charge in [0, 0.05) is 58.8 Å². The molecule has 69 heavy (non-hydrogen) atoms. The summed E-state index contributed by atoms with van der Waals surface area (Å²) in [7, 11) is 0. The molecule has 322 valence electrons. The Morgan fingerprint density at radius 2 is 0.623 bits per heavy atom. The second-order valence-corrected chi connectivity index (χ2v) is 18.4. The zero-order valence-electron chi connectivity index (χ0n) is 37.2. The molecule has 0 spiro atoms. The van der Waals surface area contributed by atoms with Crippen LogP contribution in [0.2, 0.25) is 0 Å². The van der Waals surface area contributed by atoms with E-state index < -0.39 is 0 Å². The maximum atomic E-state index is 5.42. The summed E-state index contributed by atoms with van der Waals surface area (Å²) in [5.74, 6) is 1.86. The van der Waals surface area contributed by atoms with Crippen molar-refractivity contribution >= 4 is 53.3 Å². The van der Waals surface area contributed by atoms with Crippen LogP contribution in [0.25, 0.3) is 132 Å². The third-order valence-electron chi connectivity index (χ3n) is 12.9. The van der Waals surface area contributed by atoms with E-state index in [4.69, 9.17) is 24.9 Å². The number of benzene rings is 9. The maximum Gasteiger partial charge on any atom is 0.164 e. The molecule has 0 unspecified atom stereocenters. The molecule has 0 saturated carbocycles. The van der Waals surface area contributed by atoms with Gasteiger partial charge in [0.25, 0.3) is 0 Å². The summed E-state index contributed by atoms with van der Waals surface area (Å²) in [4.78, 5) is 25.8. The molecule has 0 atom stereocenters. The fourth-order valence-electron chi connectivity index (χ4n) is 9.32. The second-order valence-electron chi connectivity index (χ2n) is 17.3. The Kier molecular flexibility index (Phi) is 9.95. The van der Waals surface area contributed by atoms with Gasteiger partial charge in [-0.3, -0.25) is 0 Å². The minimum absolute atomic E-state index is 0.611. The normalized spacial score (nSPS) is 11.5. The summed E-state index contributed by atoms with van der Waals surface area (Å²) in [6, 6.07) is 83.0. The summed E-state index contributed by atoms with van der Waals surface area (Å²) in [6.45, 7) is 0. The van der Waals surface area contributed by atoms with E-state index in [0.29, 0.717) is 17.5 Å². The van der Waals surface area contributed by atoms with E-state index >= 15 is 0 Å². The molecule has 0 amide bonds. The Bertz CT molecular complexity index is 4040. The fourth-order valence-corrected chi connectivity index (χ4v) is 10.4. The van der Waals surface area contributed by atoms with Crippen LogP contribution in [0.3, 0.4) is 0 Å². The monoisotopic (exact) mass is 897 g/mol. The lowest BCUT2D eigenvalue weighted by atomic mass is 9.93. The number of nitrogens with zero attached hydrogens (tertiary/aromatic N) is 5. The quantitative estimate of drug-likeness (QED) is 0.142. The average Bonchev–Trinajstić information content (AvgIpc) is 3.81.